The molecule has 1 aromatic carbocycles. The van der Waals surface area contributed by atoms with Gasteiger partial charge in [-0.25, -0.2) is 4.98 Å². The van der Waals surface area contributed by atoms with E-state index in [1.807, 2.05) is 0 Å². The first-order valence-electron chi connectivity index (χ1n) is 4.83. The molecule has 0 atom stereocenters. The molecule has 1 aromatic heterocycles. The SMILES string of the molecule is NCc1cnc(Oc2ccc(Cl)cc2Cl)cn1. The van der Waals surface area contributed by atoms with Crippen molar-refractivity contribution in [1.29, 1.82) is 0 Å². The van der Waals surface area contributed by atoms with Gasteiger partial charge in [-0.1, -0.05) is 23.2 Å². The van der Waals surface area contributed by atoms with Crippen LogP contribution >= 0.6 is 23.2 Å². The van der Waals surface area contributed by atoms with E-state index in [-0.39, 0.29) is 0 Å². The van der Waals surface area contributed by atoms with E-state index in [1.54, 1.807) is 24.4 Å². The van der Waals surface area contributed by atoms with Crippen molar-refractivity contribution in [2.45, 2.75) is 6.54 Å². The van der Waals surface area contributed by atoms with Gasteiger partial charge < -0.3 is 10.5 Å². The Hall–Kier alpha value is -1.36. The molecule has 2 aromatic rings. The molecule has 17 heavy (non-hydrogen) atoms. The average Bonchev–Trinajstić information content (AvgIpc) is 2.34. The second-order valence-electron chi connectivity index (χ2n) is 3.23. The lowest BCUT2D eigenvalue weighted by Gasteiger charge is -2.06. The lowest BCUT2D eigenvalue weighted by Crippen LogP contribution is -2.00. The summed E-state index contributed by atoms with van der Waals surface area (Å²) in [6.07, 6.45) is 3.05. The molecular weight excluding hydrogens is 261 g/mol. The van der Waals surface area contributed by atoms with Crippen LogP contribution in [-0.4, -0.2) is 9.97 Å². The predicted molar refractivity (Wildman–Crippen MR) is 66.5 cm³/mol. The highest BCUT2D eigenvalue weighted by atomic mass is 35.5. The van der Waals surface area contributed by atoms with Crippen molar-refractivity contribution < 1.29 is 4.74 Å². The highest BCUT2D eigenvalue weighted by Gasteiger charge is 2.05. The number of rotatable bonds is 3. The highest BCUT2D eigenvalue weighted by Crippen LogP contribution is 2.30. The van der Waals surface area contributed by atoms with Crippen molar-refractivity contribution in [3.63, 3.8) is 0 Å². The van der Waals surface area contributed by atoms with Crippen LogP contribution in [0.5, 0.6) is 11.6 Å². The lowest BCUT2D eigenvalue weighted by atomic mass is 10.3. The first-order chi connectivity index (χ1) is 8.19. The molecule has 2 rings (SSSR count). The monoisotopic (exact) mass is 269 g/mol. The number of hydrogen-bond acceptors (Lipinski definition) is 4. The molecule has 88 valence electrons. The molecule has 6 heteroatoms. The highest BCUT2D eigenvalue weighted by molar-refractivity contribution is 6.35. The zero-order valence-corrected chi connectivity index (χ0v) is 10.2. The van der Waals surface area contributed by atoms with Crippen LogP contribution in [-0.2, 0) is 6.54 Å². The Labute approximate surface area is 108 Å². The molecule has 2 N–H and O–H groups in total. The van der Waals surface area contributed by atoms with Crippen molar-refractivity contribution in [3.05, 3.63) is 46.3 Å². The number of benzene rings is 1. The minimum Gasteiger partial charge on any atom is -0.436 e. The first-order valence-corrected chi connectivity index (χ1v) is 5.58. The zero-order chi connectivity index (χ0) is 12.3. The minimum absolute atomic E-state index is 0.342. The van der Waals surface area contributed by atoms with Crippen LogP contribution < -0.4 is 10.5 Å². The van der Waals surface area contributed by atoms with Gasteiger partial charge in [0.15, 0.2) is 0 Å². The summed E-state index contributed by atoms with van der Waals surface area (Å²) < 4.78 is 5.46. The Balaban J connectivity index is 2.19. The largest absolute Gasteiger partial charge is 0.436 e. The maximum Gasteiger partial charge on any atom is 0.237 e. The predicted octanol–water partition coefficient (Wildman–Crippen LogP) is 3.03. The quantitative estimate of drug-likeness (QED) is 0.931. The summed E-state index contributed by atoms with van der Waals surface area (Å²) in [5.74, 6) is 0.831. The van der Waals surface area contributed by atoms with E-state index in [1.165, 1.54) is 6.20 Å². The smallest absolute Gasteiger partial charge is 0.237 e. The van der Waals surface area contributed by atoms with Crippen LogP contribution in [0.15, 0.2) is 30.6 Å². The van der Waals surface area contributed by atoms with E-state index in [9.17, 15) is 0 Å². The normalized spacial score (nSPS) is 10.3. The summed E-state index contributed by atoms with van der Waals surface area (Å²) in [4.78, 5) is 8.11. The third-order valence-corrected chi connectivity index (χ3v) is 2.53. The van der Waals surface area contributed by atoms with E-state index in [0.29, 0.717) is 33.9 Å². The molecule has 1 heterocycles. The fourth-order valence-corrected chi connectivity index (χ4v) is 1.62. The van der Waals surface area contributed by atoms with Crippen LogP contribution in [0.2, 0.25) is 10.0 Å². The summed E-state index contributed by atoms with van der Waals surface area (Å²) in [5.41, 5.74) is 6.11. The molecule has 0 radical (unpaired) electrons. The third kappa shape index (κ3) is 3.06. The molecule has 0 aliphatic carbocycles. The maximum atomic E-state index is 5.96. The van der Waals surface area contributed by atoms with Gasteiger partial charge in [0.2, 0.25) is 5.88 Å². The van der Waals surface area contributed by atoms with E-state index in [4.69, 9.17) is 33.7 Å². The number of ether oxygens (including phenoxy) is 1. The molecular formula is C11H9Cl2N3O. The Morgan fingerprint density at radius 2 is 2.00 bits per heavy atom. The van der Waals surface area contributed by atoms with Gasteiger partial charge in [-0.05, 0) is 18.2 Å². The lowest BCUT2D eigenvalue weighted by molar-refractivity contribution is 0.459. The zero-order valence-electron chi connectivity index (χ0n) is 8.73. The minimum atomic E-state index is 0.342. The molecule has 0 aliphatic rings. The number of halogens is 2. The summed E-state index contributed by atoms with van der Waals surface area (Å²) in [7, 11) is 0. The Kier molecular flexibility index (Phi) is 3.78. The van der Waals surface area contributed by atoms with Gasteiger partial charge in [0.1, 0.15) is 5.75 Å². The van der Waals surface area contributed by atoms with Gasteiger partial charge in [-0.3, -0.25) is 4.98 Å². The first kappa shape index (κ1) is 12.1. The van der Waals surface area contributed by atoms with Crippen molar-refractivity contribution in [2.75, 3.05) is 0 Å². The van der Waals surface area contributed by atoms with Gasteiger partial charge in [-0.2, -0.15) is 0 Å². The second kappa shape index (κ2) is 5.31. The summed E-state index contributed by atoms with van der Waals surface area (Å²) >= 11 is 11.7. The van der Waals surface area contributed by atoms with Gasteiger partial charge >= 0.3 is 0 Å². The van der Waals surface area contributed by atoms with Crippen molar-refractivity contribution in [1.82, 2.24) is 9.97 Å². The number of hydrogen-bond donors (Lipinski definition) is 1. The molecule has 4 nitrogen and oxygen atoms in total. The van der Waals surface area contributed by atoms with Gasteiger partial charge in [0, 0.05) is 11.6 Å². The number of nitrogens with zero attached hydrogens (tertiary/aromatic N) is 2. The third-order valence-electron chi connectivity index (χ3n) is 2.00. The van der Waals surface area contributed by atoms with Gasteiger partial charge in [0.05, 0.1) is 23.1 Å². The summed E-state index contributed by atoms with van der Waals surface area (Å²) in [6.45, 7) is 0.342. The van der Waals surface area contributed by atoms with Crippen molar-refractivity contribution >= 4 is 23.2 Å². The summed E-state index contributed by atoms with van der Waals surface area (Å²) in [5, 5.41) is 0.967. The second-order valence-corrected chi connectivity index (χ2v) is 4.07. The van der Waals surface area contributed by atoms with Crippen LogP contribution in [0.4, 0.5) is 0 Å². The van der Waals surface area contributed by atoms with E-state index < -0.39 is 0 Å². The Bertz CT molecular complexity index is 517. The molecule has 0 bridgehead atoms. The van der Waals surface area contributed by atoms with E-state index in [0.717, 1.165) is 0 Å². The Morgan fingerprint density at radius 3 is 2.59 bits per heavy atom. The van der Waals surface area contributed by atoms with Crippen LogP contribution in [0, 0.1) is 0 Å². The number of aromatic nitrogens is 2. The molecule has 0 saturated heterocycles. The Morgan fingerprint density at radius 1 is 1.18 bits per heavy atom. The van der Waals surface area contributed by atoms with Gasteiger partial charge in [-0.15, -0.1) is 0 Å². The standard InChI is InChI=1S/C11H9Cl2N3O/c12-7-1-2-10(9(13)3-7)17-11-6-15-8(4-14)5-16-11/h1-3,5-6H,4,14H2. The van der Waals surface area contributed by atoms with Crippen LogP contribution in [0.3, 0.4) is 0 Å². The fourth-order valence-electron chi connectivity index (χ4n) is 1.17. The average molecular weight is 270 g/mol. The topological polar surface area (TPSA) is 61.0 Å². The maximum absolute atomic E-state index is 5.96. The molecule has 0 spiro atoms. The molecule has 0 unspecified atom stereocenters. The van der Waals surface area contributed by atoms with Crippen molar-refractivity contribution in [2.24, 2.45) is 5.73 Å². The van der Waals surface area contributed by atoms with Gasteiger partial charge in [0.25, 0.3) is 0 Å². The molecule has 0 aliphatic heterocycles. The van der Waals surface area contributed by atoms with E-state index >= 15 is 0 Å². The van der Waals surface area contributed by atoms with Crippen molar-refractivity contribution in [3.8, 4) is 11.6 Å². The fraction of sp³-hybridized carbons (Fsp3) is 0.0909. The molecule has 0 saturated carbocycles. The summed E-state index contributed by atoms with van der Waals surface area (Å²) in [6, 6.07) is 4.95. The van der Waals surface area contributed by atoms with Crippen LogP contribution in [0.1, 0.15) is 5.69 Å². The van der Waals surface area contributed by atoms with Crippen LogP contribution in [0.25, 0.3) is 0 Å². The molecule has 0 amide bonds. The van der Waals surface area contributed by atoms with E-state index in [2.05, 4.69) is 9.97 Å². The number of nitrogens with two attached hydrogens (primary N) is 1. The molecule has 0 fully saturated rings.